The van der Waals surface area contributed by atoms with Crippen LogP contribution >= 0.6 is 0 Å². The molecule has 0 aliphatic carbocycles. The number of esters is 1. The smallest absolute Gasteiger partial charge is 0.338 e. The summed E-state index contributed by atoms with van der Waals surface area (Å²) in [6.07, 6.45) is 2.34. The van der Waals surface area contributed by atoms with Gasteiger partial charge in [0.15, 0.2) is 6.61 Å². The van der Waals surface area contributed by atoms with E-state index in [4.69, 9.17) is 9.47 Å². The molecule has 8 heteroatoms. The molecule has 8 nitrogen and oxygen atoms in total. The van der Waals surface area contributed by atoms with Crippen molar-refractivity contribution < 1.29 is 23.9 Å². The molecule has 3 amide bonds. The maximum absolute atomic E-state index is 12.7. The highest BCUT2D eigenvalue weighted by molar-refractivity contribution is 5.95. The van der Waals surface area contributed by atoms with E-state index in [-0.39, 0.29) is 25.2 Å². The van der Waals surface area contributed by atoms with E-state index in [9.17, 15) is 14.4 Å². The number of benzene rings is 2. The first-order chi connectivity index (χ1) is 16.0. The lowest BCUT2D eigenvalue weighted by Crippen LogP contribution is -2.46. The number of urea groups is 1. The number of nitrogens with one attached hydrogen (secondary N) is 3. The molecule has 2 aromatic carbocycles. The van der Waals surface area contributed by atoms with Crippen LogP contribution in [0.5, 0.6) is 5.75 Å². The molecule has 3 rings (SSSR count). The van der Waals surface area contributed by atoms with E-state index >= 15 is 0 Å². The zero-order valence-electron chi connectivity index (χ0n) is 18.9. The molecule has 174 valence electrons. The number of anilines is 1. The highest BCUT2D eigenvalue weighted by Crippen LogP contribution is 2.30. The number of hydrogen-bond acceptors (Lipinski definition) is 5. The molecule has 0 saturated carbocycles. The monoisotopic (exact) mass is 451 g/mol. The average molecular weight is 452 g/mol. The van der Waals surface area contributed by atoms with Gasteiger partial charge in [0.2, 0.25) is 0 Å². The Bertz CT molecular complexity index is 1000. The predicted octanol–water partition coefficient (Wildman–Crippen LogP) is 4.07. The quantitative estimate of drug-likeness (QED) is 0.472. The summed E-state index contributed by atoms with van der Waals surface area (Å²) in [7, 11) is 0. The zero-order chi connectivity index (χ0) is 23.6. The summed E-state index contributed by atoms with van der Waals surface area (Å²) < 4.78 is 10.8. The van der Waals surface area contributed by atoms with Gasteiger partial charge in [-0.3, -0.25) is 4.79 Å². The van der Waals surface area contributed by atoms with Crippen LogP contribution in [0, 0.1) is 0 Å². The van der Waals surface area contributed by atoms with Crippen molar-refractivity contribution in [1.82, 2.24) is 10.6 Å². The number of carbonyl (C=O) groups excluding carboxylic acids is 3. The molecule has 2 aromatic rings. The molecular weight excluding hydrogens is 422 g/mol. The largest absolute Gasteiger partial charge is 0.484 e. The van der Waals surface area contributed by atoms with Crippen molar-refractivity contribution in [3.8, 4) is 5.75 Å². The van der Waals surface area contributed by atoms with Gasteiger partial charge in [0, 0.05) is 11.4 Å². The summed E-state index contributed by atoms with van der Waals surface area (Å²) in [6, 6.07) is 15.1. The first-order valence-electron chi connectivity index (χ1n) is 11.1. The van der Waals surface area contributed by atoms with Gasteiger partial charge < -0.3 is 25.4 Å². The second-order valence-electron chi connectivity index (χ2n) is 7.52. The van der Waals surface area contributed by atoms with E-state index < -0.39 is 12.0 Å². The van der Waals surface area contributed by atoms with Gasteiger partial charge >= 0.3 is 12.0 Å². The standard InChI is InChI=1S/C25H29N3O5/c1-3-5-11-20-22(24(30)32-4-2)23(28-25(31)27-20)17-12-14-19(15-13-17)33-16-21(29)26-18-9-7-6-8-10-18/h6-10,12-15,23H,3-5,11,16H2,1-2H3,(H,26,29)(H2,27,28,31). The van der Waals surface area contributed by atoms with Crippen LogP contribution in [0.1, 0.15) is 44.7 Å². The lowest BCUT2D eigenvalue weighted by atomic mass is 9.93. The fourth-order valence-corrected chi connectivity index (χ4v) is 3.49. The number of hydrogen-bond donors (Lipinski definition) is 3. The van der Waals surface area contributed by atoms with Gasteiger partial charge in [0.05, 0.1) is 18.2 Å². The Hall–Kier alpha value is -3.81. The SMILES string of the molecule is CCCCC1=C(C(=O)OCC)C(c2ccc(OCC(=O)Nc3ccccc3)cc2)NC(=O)N1. The van der Waals surface area contributed by atoms with Gasteiger partial charge in [0.1, 0.15) is 5.75 Å². The van der Waals surface area contributed by atoms with Gasteiger partial charge in [-0.15, -0.1) is 0 Å². The Morgan fingerprint density at radius 1 is 1.03 bits per heavy atom. The topological polar surface area (TPSA) is 106 Å². The molecule has 1 aliphatic rings. The number of para-hydroxylation sites is 1. The van der Waals surface area contributed by atoms with Crippen LogP contribution in [-0.2, 0) is 14.3 Å². The molecule has 0 spiro atoms. The first-order valence-corrected chi connectivity index (χ1v) is 11.1. The maximum Gasteiger partial charge on any atom is 0.338 e. The van der Waals surface area contributed by atoms with Gasteiger partial charge in [-0.1, -0.05) is 43.7 Å². The minimum atomic E-state index is -0.639. The number of allylic oxidation sites excluding steroid dienone is 1. The van der Waals surface area contributed by atoms with Crippen molar-refractivity contribution in [2.75, 3.05) is 18.5 Å². The van der Waals surface area contributed by atoms with Crippen LogP contribution in [0.3, 0.4) is 0 Å². The van der Waals surface area contributed by atoms with Crippen LogP contribution in [0.2, 0.25) is 0 Å². The van der Waals surface area contributed by atoms with E-state index in [1.807, 2.05) is 25.1 Å². The van der Waals surface area contributed by atoms with Gasteiger partial charge in [-0.2, -0.15) is 0 Å². The number of unbranched alkanes of at least 4 members (excludes halogenated alkanes) is 1. The minimum Gasteiger partial charge on any atom is -0.484 e. The molecule has 1 unspecified atom stereocenters. The third-order valence-corrected chi connectivity index (χ3v) is 5.07. The Morgan fingerprint density at radius 3 is 2.42 bits per heavy atom. The van der Waals surface area contributed by atoms with Crippen molar-refractivity contribution in [1.29, 1.82) is 0 Å². The van der Waals surface area contributed by atoms with E-state index in [2.05, 4.69) is 16.0 Å². The average Bonchev–Trinajstić information content (AvgIpc) is 2.82. The Balaban J connectivity index is 1.72. The molecule has 0 radical (unpaired) electrons. The molecule has 0 fully saturated rings. The Morgan fingerprint density at radius 2 is 1.76 bits per heavy atom. The Kier molecular flexibility index (Phi) is 8.46. The van der Waals surface area contributed by atoms with Crippen molar-refractivity contribution in [2.45, 2.75) is 39.2 Å². The van der Waals surface area contributed by atoms with Crippen molar-refractivity contribution in [3.05, 3.63) is 71.4 Å². The molecule has 33 heavy (non-hydrogen) atoms. The van der Waals surface area contributed by atoms with E-state index in [0.717, 1.165) is 12.8 Å². The predicted molar refractivity (Wildman–Crippen MR) is 125 cm³/mol. The second kappa shape index (κ2) is 11.7. The molecule has 0 bridgehead atoms. The number of rotatable bonds is 10. The van der Waals surface area contributed by atoms with Crippen LogP contribution in [0.15, 0.2) is 65.9 Å². The number of amides is 3. The fraction of sp³-hybridized carbons (Fsp3) is 0.320. The van der Waals surface area contributed by atoms with E-state index in [1.54, 1.807) is 43.3 Å². The van der Waals surface area contributed by atoms with Crippen LogP contribution < -0.4 is 20.7 Å². The Labute approximate surface area is 193 Å². The number of carbonyl (C=O) groups is 3. The van der Waals surface area contributed by atoms with Gasteiger partial charge in [-0.25, -0.2) is 9.59 Å². The normalized spacial score (nSPS) is 15.3. The highest BCUT2D eigenvalue weighted by Gasteiger charge is 2.33. The first kappa shape index (κ1) is 23.8. The summed E-state index contributed by atoms with van der Waals surface area (Å²) in [5.41, 5.74) is 2.39. The molecular formula is C25H29N3O5. The van der Waals surface area contributed by atoms with Crippen molar-refractivity contribution in [2.24, 2.45) is 0 Å². The van der Waals surface area contributed by atoms with Crippen LogP contribution in [-0.4, -0.2) is 31.1 Å². The van der Waals surface area contributed by atoms with Crippen LogP contribution in [0.4, 0.5) is 10.5 Å². The molecule has 1 heterocycles. The summed E-state index contributed by atoms with van der Waals surface area (Å²) in [5, 5.41) is 8.33. The molecule has 1 atom stereocenters. The van der Waals surface area contributed by atoms with Gasteiger partial charge in [0.25, 0.3) is 5.91 Å². The maximum atomic E-state index is 12.7. The minimum absolute atomic E-state index is 0.145. The lowest BCUT2D eigenvalue weighted by molar-refractivity contribution is -0.139. The highest BCUT2D eigenvalue weighted by atomic mass is 16.5. The second-order valence-corrected chi connectivity index (χ2v) is 7.52. The van der Waals surface area contributed by atoms with Crippen LogP contribution in [0.25, 0.3) is 0 Å². The summed E-state index contributed by atoms with van der Waals surface area (Å²) in [6.45, 7) is 3.88. The fourth-order valence-electron chi connectivity index (χ4n) is 3.49. The molecule has 1 aliphatic heterocycles. The lowest BCUT2D eigenvalue weighted by Gasteiger charge is -2.29. The van der Waals surface area contributed by atoms with Gasteiger partial charge in [-0.05, 0) is 49.6 Å². The summed E-state index contributed by atoms with van der Waals surface area (Å²) in [5.74, 6) is -0.238. The summed E-state index contributed by atoms with van der Waals surface area (Å²) >= 11 is 0. The van der Waals surface area contributed by atoms with E-state index in [1.165, 1.54) is 0 Å². The third-order valence-electron chi connectivity index (χ3n) is 5.07. The molecule has 3 N–H and O–H groups in total. The van der Waals surface area contributed by atoms with Crippen molar-refractivity contribution in [3.63, 3.8) is 0 Å². The van der Waals surface area contributed by atoms with Crippen molar-refractivity contribution >= 4 is 23.6 Å². The van der Waals surface area contributed by atoms with E-state index in [0.29, 0.717) is 34.7 Å². The third kappa shape index (κ3) is 6.58. The molecule has 0 aromatic heterocycles. The zero-order valence-corrected chi connectivity index (χ0v) is 18.9. The summed E-state index contributed by atoms with van der Waals surface area (Å²) in [4.78, 5) is 37.1. The number of ether oxygens (including phenoxy) is 2. The molecule has 0 saturated heterocycles.